The van der Waals surface area contributed by atoms with E-state index in [9.17, 15) is 22.0 Å². The van der Waals surface area contributed by atoms with Gasteiger partial charge in [-0.05, 0) is 49.4 Å². The molecule has 35 heavy (non-hydrogen) atoms. The molecule has 4 rings (SSSR count). The Labute approximate surface area is 201 Å². The zero-order valence-electron chi connectivity index (χ0n) is 18.9. The van der Waals surface area contributed by atoms with Gasteiger partial charge in [0.05, 0.1) is 10.6 Å². The van der Waals surface area contributed by atoms with Crippen LogP contribution in [0.2, 0.25) is 0 Å². The molecule has 0 aliphatic carbocycles. The summed E-state index contributed by atoms with van der Waals surface area (Å²) < 4.78 is 54.5. The van der Waals surface area contributed by atoms with Gasteiger partial charge in [-0.15, -0.1) is 0 Å². The van der Waals surface area contributed by atoms with E-state index >= 15 is 0 Å². The fourth-order valence-electron chi connectivity index (χ4n) is 3.74. The van der Waals surface area contributed by atoms with Crippen LogP contribution < -0.4 is 14.9 Å². The highest BCUT2D eigenvalue weighted by Gasteiger charge is 2.26. The molecule has 0 spiro atoms. The molecule has 12 heteroatoms. The number of anilines is 3. The lowest BCUT2D eigenvalue weighted by Crippen LogP contribution is -2.52. The molecule has 1 saturated heterocycles. The predicted octanol–water partition coefficient (Wildman–Crippen LogP) is 2.70. The van der Waals surface area contributed by atoms with E-state index in [1.54, 1.807) is 24.0 Å². The van der Waals surface area contributed by atoms with Gasteiger partial charge in [0.15, 0.2) is 0 Å². The second-order valence-corrected chi connectivity index (χ2v) is 9.68. The van der Waals surface area contributed by atoms with E-state index < -0.39 is 27.7 Å². The average molecular weight is 503 g/mol. The minimum Gasteiger partial charge on any atom is -0.372 e. The standard InChI is InChI=1S/C23H24F2N6O3S/c1-16(28-21-7-2-17(24)14-20(21)25)23(32)31-12-10-30(11-13-31)18-3-5-19(6-4-18)35(33,34)29-22-8-9-26-15-27-22/h2-9,14-16,28H,10-13H2,1H3,(H,26,27,29). The lowest BCUT2D eigenvalue weighted by atomic mass is 10.2. The van der Waals surface area contributed by atoms with Crippen LogP contribution in [0.4, 0.5) is 26.0 Å². The van der Waals surface area contributed by atoms with E-state index in [-0.39, 0.29) is 22.3 Å². The zero-order valence-corrected chi connectivity index (χ0v) is 19.7. The van der Waals surface area contributed by atoms with Crippen LogP contribution in [-0.2, 0) is 14.8 Å². The summed E-state index contributed by atoms with van der Waals surface area (Å²) in [6.07, 6.45) is 2.69. The Morgan fingerprint density at radius 3 is 2.37 bits per heavy atom. The number of rotatable bonds is 7. The van der Waals surface area contributed by atoms with E-state index in [1.807, 2.05) is 0 Å². The first-order chi connectivity index (χ1) is 16.7. The van der Waals surface area contributed by atoms with Crippen LogP contribution in [-0.4, -0.2) is 61.4 Å². The van der Waals surface area contributed by atoms with Crippen molar-refractivity contribution in [3.63, 3.8) is 0 Å². The first kappa shape index (κ1) is 24.3. The molecule has 1 aliphatic heterocycles. The van der Waals surface area contributed by atoms with Crippen molar-refractivity contribution in [2.75, 3.05) is 41.1 Å². The quantitative estimate of drug-likeness (QED) is 0.512. The molecule has 9 nitrogen and oxygen atoms in total. The van der Waals surface area contributed by atoms with Gasteiger partial charge >= 0.3 is 0 Å². The molecule has 0 saturated carbocycles. The number of hydrogen-bond donors (Lipinski definition) is 2. The molecule has 1 fully saturated rings. The molecule has 3 aromatic rings. The maximum atomic E-state index is 13.9. The van der Waals surface area contributed by atoms with Crippen molar-refractivity contribution in [1.82, 2.24) is 14.9 Å². The van der Waals surface area contributed by atoms with Crippen LogP contribution >= 0.6 is 0 Å². The van der Waals surface area contributed by atoms with Gasteiger partial charge in [0.25, 0.3) is 10.0 Å². The topological polar surface area (TPSA) is 108 Å². The van der Waals surface area contributed by atoms with Gasteiger partial charge in [0, 0.05) is 44.1 Å². The number of carbonyl (C=O) groups excluding carboxylic acids is 1. The number of halogens is 2. The molecule has 1 unspecified atom stereocenters. The molecule has 2 heterocycles. The van der Waals surface area contributed by atoms with Crippen LogP contribution in [0.1, 0.15) is 6.92 Å². The lowest BCUT2D eigenvalue weighted by Gasteiger charge is -2.37. The van der Waals surface area contributed by atoms with Gasteiger partial charge in [0.2, 0.25) is 5.91 Å². The third-order valence-electron chi connectivity index (χ3n) is 5.60. The summed E-state index contributed by atoms with van der Waals surface area (Å²) in [5.74, 6) is -1.45. The van der Waals surface area contributed by atoms with Gasteiger partial charge in [-0.3, -0.25) is 9.52 Å². The Kier molecular flexibility index (Phi) is 7.10. The first-order valence-electron chi connectivity index (χ1n) is 10.9. The van der Waals surface area contributed by atoms with E-state index in [4.69, 9.17) is 0 Å². The predicted molar refractivity (Wildman–Crippen MR) is 128 cm³/mol. The highest BCUT2D eigenvalue weighted by Crippen LogP contribution is 2.22. The van der Waals surface area contributed by atoms with Crippen LogP contribution in [0.3, 0.4) is 0 Å². The van der Waals surface area contributed by atoms with Crippen molar-refractivity contribution >= 4 is 33.1 Å². The number of amides is 1. The van der Waals surface area contributed by atoms with Crippen molar-refractivity contribution in [1.29, 1.82) is 0 Å². The molecule has 1 atom stereocenters. The number of hydrogen-bond acceptors (Lipinski definition) is 7. The van der Waals surface area contributed by atoms with E-state index in [1.165, 1.54) is 36.8 Å². The Bertz CT molecular complexity index is 1280. The second-order valence-electron chi connectivity index (χ2n) is 8.00. The Hall–Kier alpha value is -3.80. The summed E-state index contributed by atoms with van der Waals surface area (Å²) in [7, 11) is -3.79. The van der Waals surface area contributed by atoms with Gasteiger partial charge in [-0.25, -0.2) is 27.2 Å². The molecule has 0 bridgehead atoms. The number of nitrogens with one attached hydrogen (secondary N) is 2. The number of carbonyl (C=O) groups is 1. The van der Waals surface area contributed by atoms with E-state index in [0.29, 0.717) is 26.2 Å². The Morgan fingerprint density at radius 1 is 1.03 bits per heavy atom. The maximum Gasteiger partial charge on any atom is 0.263 e. The van der Waals surface area contributed by atoms with Crippen LogP contribution in [0.25, 0.3) is 0 Å². The summed E-state index contributed by atoms with van der Waals surface area (Å²) in [6.45, 7) is 3.63. The summed E-state index contributed by atoms with van der Waals surface area (Å²) in [6, 6.07) is 10.4. The van der Waals surface area contributed by atoms with Gasteiger partial charge < -0.3 is 15.1 Å². The summed E-state index contributed by atoms with van der Waals surface area (Å²) in [5.41, 5.74) is 0.896. The molecule has 1 aliphatic rings. The fourth-order valence-corrected chi connectivity index (χ4v) is 4.75. The average Bonchev–Trinajstić information content (AvgIpc) is 2.86. The minimum absolute atomic E-state index is 0.0649. The number of nitrogens with zero attached hydrogens (tertiary/aromatic N) is 4. The number of sulfonamides is 1. The molecule has 2 aromatic carbocycles. The lowest BCUT2D eigenvalue weighted by molar-refractivity contribution is -0.131. The molecular formula is C23H24F2N6O3S. The SMILES string of the molecule is CC(Nc1ccc(F)cc1F)C(=O)N1CCN(c2ccc(S(=O)(=O)Nc3ccncn3)cc2)CC1. The van der Waals surface area contributed by atoms with Crippen molar-refractivity contribution in [2.45, 2.75) is 17.9 Å². The molecule has 0 radical (unpaired) electrons. The number of benzene rings is 2. The highest BCUT2D eigenvalue weighted by atomic mass is 32.2. The summed E-state index contributed by atoms with van der Waals surface area (Å²) >= 11 is 0. The highest BCUT2D eigenvalue weighted by molar-refractivity contribution is 7.92. The Balaban J connectivity index is 1.33. The maximum absolute atomic E-state index is 13.9. The largest absolute Gasteiger partial charge is 0.372 e. The fraction of sp³-hybridized carbons (Fsp3) is 0.261. The van der Waals surface area contributed by atoms with Crippen molar-refractivity contribution < 1.29 is 22.0 Å². The zero-order chi connectivity index (χ0) is 25.0. The first-order valence-corrected chi connectivity index (χ1v) is 12.4. The summed E-state index contributed by atoms with van der Waals surface area (Å²) in [5, 5.41) is 2.80. The van der Waals surface area contributed by atoms with E-state index in [0.717, 1.165) is 17.8 Å². The van der Waals surface area contributed by atoms with Gasteiger partial charge in [-0.1, -0.05) is 0 Å². The van der Waals surface area contributed by atoms with E-state index in [2.05, 4.69) is 24.9 Å². The third kappa shape index (κ3) is 5.83. The monoisotopic (exact) mass is 502 g/mol. The molecule has 2 N–H and O–H groups in total. The molecule has 1 aromatic heterocycles. The second kappa shape index (κ2) is 10.2. The van der Waals surface area contributed by atoms with Gasteiger partial charge in [0.1, 0.15) is 29.8 Å². The van der Waals surface area contributed by atoms with Crippen LogP contribution in [0, 0.1) is 11.6 Å². The Morgan fingerprint density at radius 2 is 1.74 bits per heavy atom. The van der Waals surface area contributed by atoms with Crippen molar-refractivity contribution in [2.24, 2.45) is 0 Å². The smallest absolute Gasteiger partial charge is 0.263 e. The van der Waals surface area contributed by atoms with Gasteiger partial charge in [-0.2, -0.15) is 0 Å². The molecule has 184 valence electrons. The molecular weight excluding hydrogens is 478 g/mol. The number of aromatic nitrogens is 2. The third-order valence-corrected chi connectivity index (χ3v) is 6.97. The van der Waals surface area contributed by atoms with Crippen LogP contribution in [0.5, 0.6) is 0 Å². The normalized spacial score (nSPS) is 14.9. The van der Waals surface area contributed by atoms with Crippen LogP contribution in [0.15, 0.2) is 66.0 Å². The minimum atomic E-state index is -3.79. The summed E-state index contributed by atoms with van der Waals surface area (Å²) in [4.78, 5) is 24.2. The molecule has 1 amide bonds. The van der Waals surface area contributed by atoms with Crippen molar-refractivity contribution in [3.05, 3.63) is 72.7 Å². The number of piperazine rings is 1. The van der Waals surface area contributed by atoms with Crippen molar-refractivity contribution in [3.8, 4) is 0 Å².